The van der Waals surface area contributed by atoms with Crippen LogP contribution in [0.1, 0.15) is 102 Å². The number of hydrogen-bond donors (Lipinski definition) is 0. The largest absolute Gasteiger partial charge is 0.207 e. The van der Waals surface area contributed by atoms with Crippen molar-refractivity contribution in [3.63, 3.8) is 0 Å². The van der Waals surface area contributed by atoms with Crippen LogP contribution in [0.15, 0.2) is 30.3 Å². The van der Waals surface area contributed by atoms with Crippen LogP contribution in [0, 0.1) is 17.7 Å². The van der Waals surface area contributed by atoms with E-state index >= 15 is 0 Å². The first kappa shape index (κ1) is 23.9. The lowest BCUT2D eigenvalue weighted by molar-refractivity contribution is 0.248. The van der Waals surface area contributed by atoms with Crippen LogP contribution in [-0.4, -0.2) is 10.2 Å². The molecule has 0 aliphatic heterocycles. The summed E-state index contributed by atoms with van der Waals surface area (Å²) in [4.78, 5) is 0. The molecule has 3 heteroatoms. The third-order valence-corrected chi connectivity index (χ3v) is 7.11. The fourth-order valence-corrected chi connectivity index (χ4v) is 4.94. The monoisotopic (exact) mass is 424 g/mol. The van der Waals surface area contributed by atoms with Crippen LogP contribution in [0.4, 0.5) is 4.39 Å². The molecule has 1 aromatic heterocycles. The van der Waals surface area contributed by atoms with Gasteiger partial charge in [0.2, 0.25) is 0 Å². The quantitative estimate of drug-likeness (QED) is 0.320. The van der Waals surface area contributed by atoms with Crippen LogP contribution < -0.4 is 0 Å². The fourth-order valence-electron chi connectivity index (χ4n) is 4.94. The maximum atomic E-state index is 14.3. The summed E-state index contributed by atoms with van der Waals surface area (Å²) in [7, 11) is 0. The number of nitrogens with zero attached hydrogens (tertiary/aromatic N) is 2. The molecule has 0 atom stereocenters. The molecule has 0 radical (unpaired) electrons. The molecule has 0 amide bonds. The van der Waals surface area contributed by atoms with Crippen LogP contribution in [0.2, 0.25) is 0 Å². The molecule has 1 aliphatic carbocycles. The van der Waals surface area contributed by atoms with Crippen LogP contribution in [0.3, 0.4) is 0 Å². The molecule has 1 aromatic carbocycles. The lowest BCUT2D eigenvalue weighted by atomic mass is 9.78. The Bertz CT molecular complexity index is 763. The van der Waals surface area contributed by atoms with E-state index in [2.05, 4.69) is 30.1 Å². The normalized spacial score (nSPS) is 18.9. The molecule has 0 saturated heterocycles. The molecule has 170 valence electrons. The van der Waals surface area contributed by atoms with Crippen molar-refractivity contribution in [2.45, 2.75) is 104 Å². The lowest BCUT2D eigenvalue weighted by Gasteiger charge is -2.28. The summed E-state index contributed by atoms with van der Waals surface area (Å²) < 4.78 is 14.3. The second-order valence-corrected chi connectivity index (χ2v) is 9.59. The third-order valence-electron chi connectivity index (χ3n) is 7.11. The van der Waals surface area contributed by atoms with Gasteiger partial charge in [0.15, 0.2) is 0 Å². The van der Waals surface area contributed by atoms with Gasteiger partial charge in [0.05, 0.1) is 11.4 Å². The van der Waals surface area contributed by atoms with Crippen LogP contribution in [-0.2, 0) is 12.8 Å². The van der Waals surface area contributed by atoms with E-state index in [1.807, 2.05) is 18.2 Å². The van der Waals surface area contributed by atoms with Gasteiger partial charge >= 0.3 is 0 Å². The number of aromatic nitrogens is 2. The van der Waals surface area contributed by atoms with Gasteiger partial charge in [-0.3, -0.25) is 0 Å². The molecule has 1 fully saturated rings. The van der Waals surface area contributed by atoms with Crippen molar-refractivity contribution >= 4 is 0 Å². The van der Waals surface area contributed by atoms with Crippen molar-refractivity contribution in [2.24, 2.45) is 11.8 Å². The highest BCUT2D eigenvalue weighted by Crippen LogP contribution is 2.34. The maximum Gasteiger partial charge on any atom is 0.127 e. The lowest BCUT2D eigenvalue weighted by Crippen LogP contribution is -2.15. The molecule has 0 N–H and O–H groups in total. The van der Waals surface area contributed by atoms with Crippen molar-refractivity contribution in [1.82, 2.24) is 10.2 Å². The molecule has 1 heterocycles. The third kappa shape index (κ3) is 7.70. The van der Waals surface area contributed by atoms with E-state index in [1.165, 1.54) is 64.2 Å². The van der Waals surface area contributed by atoms with Crippen molar-refractivity contribution in [3.8, 4) is 11.3 Å². The second-order valence-electron chi connectivity index (χ2n) is 9.59. The van der Waals surface area contributed by atoms with Crippen molar-refractivity contribution in [1.29, 1.82) is 0 Å². The summed E-state index contributed by atoms with van der Waals surface area (Å²) in [6.45, 7) is 4.42. The Labute approximate surface area is 189 Å². The average molecular weight is 425 g/mol. The summed E-state index contributed by atoms with van der Waals surface area (Å²) in [6, 6.07) is 9.55. The van der Waals surface area contributed by atoms with E-state index in [4.69, 9.17) is 0 Å². The minimum absolute atomic E-state index is 0.127. The first-order valence-electron chi connectivity index (χ1n) is 12.8. The second kappa shape index (κ2) is 12.9. The summed E-state index contributed by atoms with van der Waals surface area (Å²) in [5.41, 5.74) is 3.43. The minimum Gasteiger partial charge on any atom is -0.207 e. The van der Waals surface area contributed by atoms with Crippen LogP contribution in [0.25, 0.3) is 11.3 Å². The molecule has 31 heavy (non-hydrogen) atoms. The van der Waals surface area contributed by atoms with Gasteiger partial charge in [0.25, 0.3) is 0 Å². The van der Waals surface area contributed by atoms with E-state index in [0.29, 0.717) is 0 Å². The Morgan fingerprint density at radius 1 is 0.774 bits per heavy atom. The Morgan fingerprint density at radius 3 is 2.16 bits per heavy atom. The van der Waals surface area contributed by atoms with E-state index < -0.39 is 0 Å². The van der Waals surface area contributed by atoms with E-state index in [1.54, 1.807) is 6.07 Å². The zero-order valence-corrected chi connectivity index (χ0v) is 19.7. The first-order chi connectivity index (χ1) is 15.2. The highest BCUT2D eigenvalue weighted by Gasteiger charge is 2.20. The number of rotatable bonds is 12. The Balaban J connectivity index is 1.42. The predicted octanol–water partition coefficient (Wildman–Crippen LogP) is 8.33. The van der Waals surface area contributed by atoms with Gasteiger partial charge < -0.3 is 0 Å². The fraction of sp³-hybridized carbons (Fsp3) is 0.643. The van der Waals surface area contributed by atoms with Gasteiger partial charge in [-0.1, -0.05) is 90.2 Å². The maximum absolute atomic E-state index is 14.3. The van der Waals surface area contributed by atoms with Crippen molar-refractivity contribution < 1.29 is 4.39 Å². The summed E-state index contributed by atoms with van der Waals surface area (Å²) in [6.07, 6.45) is 17.7. The standard InChI is InChI=1S/C28H41FN2/c1-3-5-7-8-9-22-11-13-23(14-12-22)15-18-26-19-20-28(31-30-26)25-17-16-24(10-6-4-2)27(29)21-25/h16-17,19-23H,3-15,18H2,1-2H3. The highest BCUT2D eigenvalue weighted by molar-refractivity contribution is 5.59. The Hall–Kier alpha value is -1.77. The van der Waals surface area contributed by atoms with E-state index in [-0.39, 0.29) is 5.82 Å². The smallest absolute Gasteiger partial charge is 0.127 e. The van der Waals surface area contributed by atoms with Gasteiger partial charge in [-0.05, 0) is 61.3 Å². The molecule has 3 rings (SSSR count). The number of aryl methyl sites for hydroxylation is 2. The van der Waals surface area contributed by atoms with Gasteiger partial charge in [0, 0.05) is 5.56 Å². The highest BCUT2D eigenvalue weighted by atomic mass is 19.1. The molecule has 2 aromatic rings. The van der Waals surface area contributed by atoms with Crippen LogP contribution in [0.5, 0.6) is 0 Å². The summed E-state index contributed by atoms with van der Waals surface area (Å²) >= 11 is 0. The Morgan fingerprint density at radius 2 is 1.52 bits per heavy atom. The van der Waals surface area contributed by atoms with Gasteiger partial charge in [0.1, 0.15) is 5.82 Å². The number of unbranched alkanes of at least 4 members (excludes halogenated alkanes) is 4. The van der Waals surface area contributed by atoms with E-state index in [0.717, 1.165) is 60.0 Å². The van der Waals surface area contributed by atoms with Gasteiger partial charge in [-0.25, -0.2) is 4.39 Å². The van der Waals surface area contributed by atoms with Crippen molar-refractivity contribution in [3.05, 3.63) is 47.4 Å². The number of halogens is 1. The number of hydrogen-bond acceptors (Lipinski definition) is 2. The summed E-state index contributed by atoms with van der Waals surface area (Å²) in [5, 5.41) is 8.83. The zero-order valence-electron chi connectivity index (χ0n) is 19.7. The number of benzene rings is 1. The molecule has 2 nitrogen and oxygen atoms in total. The molecule has 0 bridgehead atoms. The molecule has 0 unspecified atom stereocenters. The minimum atomic E-state index is -0.127. The molecular weight excluding hydrogens is 383 g/mol. The molecule has 0 spiro atoms. The topological polar surface area (TPSA) is 25.8 Å². The van der Waals surface area contributed by atoms with Crippen molar-refractivity contribution in [2.75, 3.05) is 0 Å². The molecular formula is C28H41FN2. The molecule has 1 saturated carbocycles. The SMILES string of the molecule is CCCCCCC1CCC(CCc2ccc(-c3ccc(CCCC)c(F)c3)nn2)CC1. The van der Waals surface area contributed by atoms with Gasteiger partial charge in [-0.15, -0.1) is 0 Å². The van der Waals surface area contributed by atoms with Crippen LogP contribution >= 0.6 is 0 Å². The van der Waals surface area contributed by atoms with Gasteiger partial charge in [-0.2, -0.15) is 10.2 Å². The first-order valence-corrected chi connectivity index (χ1v) is 12.8. The predicted molar refractivity (Wildman–Crippen MR) is 129 cm³/mol. The zero-order chi connectivity index (χ0) is 21.9. The Kier molecular flexibility index (Phi) is 9.96. The van der Waals surface area contributed by atoms with E-state index in [9.17, 15) is 4.39 Å². The summed E-state index contributed by atoms with van der Waals surface area (Å²) in [5.74, 6) is 1.69. The average Bonchev–Trinajstić information content (AvgIpc) is 2.81. The molecule has 1 aliphatic rings.